The molecule has 2 aromatic carbocycles. The summed E-state index contributed by atoms with van der Waals surface area (Å²) in [5, 5.41) is 17.7. The number of nitro benzene ring substituents is 1. The van der Waals surface area contributed by atoms with Gasteiger partial charge in [0.25, 0.3) is 11.6 Å². The molecule has 3 rings (SSSR count). The van der Waals surface area contributed by atoms with Gasteiger partial charge >= 0.3 is 5.97 Å². The van der Waals surface area contributed by atoms with Crippen LogP contribution < -0.4 is 10.6 Å². The van der Waals surface area contributed by atoms with E-state index in [1.54, 1.807) is 18.2 Å². The molecule has 29 heavy (non-hydrogen) atoms. The Labute approximate surface area is 172 Å². The van der Waals surface area contributed by atoms with E-state index in [2.05, 4.69) is 10.6 Å². The SMILES string of the molecule is C[C@@H](OC(=O)c1ccc(NCc2ccccc2Cl)c([N+](=O)[O-])c1)C(=O)NC1CC1. The summed E-state index contributed by atoms with van der Waals surface area (Å²) in [7, 11) is 0. The second-order valence-corrected chi connectivity index (χ2v) is 7.17. The lowest BCUT2D eigenvalue weighted by molar-refractivity contribution is -0.384. The minimum absolute atomic E-state index is 0.00827. The number of carbonyl (C=O) groups is 2. The van der Waals surface area contributed by atoms with Crippen molar-refractivity contribution in [3.8, 4) is 0 Å². The van der Waals surface area contributed by atoms with Crippen LogP contribution in [0.15, 0.2) is 42.5 Å². The van der Waals surface area contributed by atoms with Crippen LogP contribution in [0, 0.1) is 10.1 Å². The highest BCUT2D eigenvalue weighted by atomic mass is 35.5. The molecule has 152 valence electrons. The van der Waals surface area contributed by atoms with E-state index in [9.17, 15) is 19.7 Å². The number of hydrogen-bond donors (Lipinski definition) is 2. The number of ether oxygens (including phenoxy) is 1. The van der Waals surface area contributed by atoms with Crippen molar-refractivity contribution >= 4 is 34.9 Å². The number of nitrogens with one attached hydrogen (secondary N) is 2. The van der Waals surface area contributed by atoms with Gasteiger partial charge in [-0.25, -0.2) is 4.79 Å². The molecule has 1 aliphatic rings. The molecule has 0 unspecified atom stereocenters. The monoisotopic (exact) mass is 417 g/mol. The fourth-order valence-corrected chi connectivity index (χ4v) is 2.82. The van der Waals surface area contributed by atoms with E-state index < -0.39 is 17.0 Å². The fraction of sp³-hybridized carbons (Fsp3) is 0.300. The summed E-state index contributed by atoms with van der Waals surface area (Å²) in [4.78, 5) is 35.1. The lowest BCUT2D eigenvalue weighted by atomic mass is 10.1. The molecule has 1 fully saturated rings. The van der Waals surface area contributed by atoms with Gasteiger partial charge in [-0.15, -0.1) is 0 Å². The van der Waals surface area contributed by atoms with Crippen LogP contribution in [0.3, 0.4) is 0 Å². The molecule has 0 aliphatic heterocycles. The molecule has 0 heterocycles. The third-order valence-electron chi connectivity index (χ3n) is 4.43. The van der Waals surface area contributed by atoms with E-state index in [0.717, 1.165) is 24.5 Å². The van der Waals surface area contributed by atoms with Crippen molar-refractivity contribution in [2.24, 2.45) is 0 Å². The van der Waals surface area contributed by atoms with Gasteiger partial charge in [0.05, 0.1) is 10.5 Å². The first kappa shape index (κ1) is 20.6. The average Bonchev–Trinajstić information content (AvgIpc) is 3.51. The summed E-state index contributed by atoms with van der Waals surface area (Å²) in [5.74, 6) is -1.18. The normalized spacial score (nSPS) is 14.0. The van der Waals surface area contributed by atoms with Crippen molar-refractivity contribution in [1.82, 2.24) is 5.32 Å². The molecule has 1 atom stereocenters. The van der Waals surface area contributed by atoms with Crippen molar-refractivity contribution < 1.29 is 19.2 Å². The second-order valence-electron chi connectivity index (χ2n) is 6.76. The molecule has 8 nitrogen and oxygen atoms in total. The predicted octanol–water partition coefficient (Wildman–Crippen LogP) is 3.68. The number of rotatable bonds is 8. The van der Waals surface area contributed by atoms with Crippen LogP contribution in [0.5, 0.6) is 0 Å². The maximum absolute atomic E-state index is 12.3. The largest absolute Gasteiger partial charge is 0.449 e. The van der Waals surface area contributed by atoms with Crippen LogP contribution in [0.2, 0.25) is 5.02 Å². The standard InChI is InChI=1S/C20H20ClN3O5/c1-12(19(25)23-15-7-8-15)29-20(26)13-6-9-17(18(10-13)24(27)28)22-11-14-4-2-3-5-16(14)21/h2-6,9-10,12,15,22H,7-8,11H2,1H3,(H,23,25)/t12-/m1/s1. The van der Waals surface area contributed by atoms with Crippen molar-refractivity contribution in [2.45, 2.75) is 38.5 Å². The van der Waals surface area contributed by atoms with Crippen molar-refractivity contribution in [1.29, 1.82) is 0 Å². The highest BCUT2D eigenvalue weighted by Gasteiger charge is 2.28. The number of amides is 1. The van der Waals surface area contributed by atoms with Crippen molar-refractivity contribution in [2.75, 3.05) is 5.32 Å². The molecule has 0 saturated heterocycles. The topological polar surface area (TPSA) is 111 Å². The summed E-state index contributed by atoms with van der Waals surface area (Å²) in [6.45, 7) is 1.74. The predicted molar refractivity (Wildman–Crippen MR) is 108 cm³/mol. The first-order valence-electron chi connectivity index (χ1n) is 9.12. The Morgan fingerprint density at radius 1 is 1.28 bits per heavy atom. The zero-order valence-electron chi connectivity index (χ0n) is 15.7. The minimum Gasteiger partial charge on any atom is -0.449 e. The number of carbonyl (C=O) groups excluding carboxylic acids is 2. The summed E-state index contributed by atoms with van der Waals surface area (Å²) in [5.41, 5.74) is 0.737. The van der Waals surface area contributed by atoms with E-state index >= 15 is 0 Å². The Kier molecular flexibility index (Phi) is 6.33. The third kappa shape index (κ3) is 5.45. The van der Waals surface area contributed by atoms with Gasteiger partial charge in [0, 0.05) is 23.7 Å². The molecule has 2 aromatic rings. The number of benzene rings is 2. The highest BCUT2D eigenvalue weighted by Crippen LogP contribution is 2.27. The number of anilines is 1. The van der Waals surface area contributed by atoms with Crippen LogP contribution in [-0.2, 0) is 16.1 Å². The van der Waals surface area contributed by atoms with Crippen LogP contribution >= 0.6 is 11.6 Å². The first-order valence-corrected chi connectivity index (χ1v) is 9.50. The minimum atomic E-state index is -0.986. The van der Waals surface area contributed by atoms with Gasteiger partial charge in [-0.3, -0.25) is 14.9 Å². The molecular formula is C20H20ClN3O5. The van der Waals surface area contributed by atoms with Gasteiger partial charge in [-0.1, -0.05) is 29.8 Å². The van der Waals surface area contributed by atoms with Gasteiger partial charge < -0.3 is 15.4 Å². The van der Waals surface area contributed by atoms with Gasteiger partial charge in [-0.05, 0) is 43.5 Å². The molecule has 1 saturated carbocycles. The maximum Gasteiger partial charge on any atom is 0.339 e. The Bertz CT molecular complexity index is 945. The lowest BCUT2D eigenvalue weighted by Gasteiger charge is -2.14. The van der Waals surface area contributed by atoms with Crippen molar-refractivity contribution in [3.63, 3.8) is 0 Å². The second kappa shape index (κ2) is 8.91. The van der Waals surface area contributed by atoms with Crippen LogP contribution in [0.1, 0.15) is 35.7 Å². The summed E-state index contributed by atoms with van der Waals surface area (Å²) >= 11 is 6.10. The van der Waals surface area contributed by atoms with Crippen LogP contribution in [0.25, 0.3) is 0 Å². The van der Waals surface area contributed by atoms with E-state index in [1.807, 2.05) is 6.07 Å². The Morgan fingerprint density at radius 2 is 2.00 bits per heavy atom. The van der Waals surface area contributed by atoms with Crippen LogP contribution in [0.4, 0.5) is 11.4 Å². The number of halogens is 1. The summed E-state index contributed by atoms with van der Waals surface area (Å²) in [6, 6.07) is 11.3. The van der Waals surface area contributed by atoms with E-state index in [4.69, 9.17) is 16.3 Å². The van der Waals surface area contributed by atoms with Crippen LogP contribution in [-0.4, -0.2) is 28.9 Å². The molecule has 2 N–H and O–H groups in total. The average molecular weight is 418 g/mol. The van der Waals surface area contributed by atoms with E-state index in [-0.39, 0.29) is 35.4 Å². The van der Waals surface area contributed by atoms with Gasteiger partial charge in [0.15, 0.2) is 6.10 Å². The molecule has 0 spiro atoms. The molecule has 9 heteroatoms. The molecule has 1 amide bonds. The van der Waals surface area contributed by atoms with Gasteiger partial charge in [-0.2, -0.15) is 0 Å². The third-order valence-corrected chi connectivity index (χ3v) is 4.80. The molecule has 0 bridgehead atoms. The first-order chi connectivity index (χ1) is 13.8. The zero-order chi connectivity index (χ0) is 21.0. The number of hydrogen-bond acceptors (Lipinski definition) is 6. The number of nitrogens with zero attached hydrogens (tertiary/aromatic N) is 1. The smallest absolute Gasteiger partial charge is 0.339 e. The Hall–Kier alpha value is -3.13. The quantitative estimate of drug-likeness (QED) is 0.385. The molecule has 0 aromatic heterocycles. The number of esters is 1. The van der Waals surface area contributed by atoms with Gasteiger partial charge in [0.1, 0.15) is 5.69 Å². The molecule has 1 aliphatic carbocycles. The Morgan fingerprint density at radius 3 is 2.66 bits per heavy atom. The molecular weight excluding hydrogens is 398 g/mol. The fourth-order valence-electron chi connectivity index (χ4n) is 2.62. The van der Waals surface area contributed by atoms with Crippen molar-refractivity contribution in [3.05, 3.63) is 68.7 Å². The Balaban J connectivity index is 1.69. The zero-order valence-corrected chi connectivity index (χ0v) is 16.4. The van der Waals surface area contributed by atoms with E-state index in [1.165, 1.54) is 19.1 Å². The maximum atomic E-state index is 12.3. The van der Waals surface area contributed by atoms with E-state index in [0.29, 0.717) is 5.02 Å². The summed E-state index contributed by atoms with van der Waals surface area (Å²) in [6.07, 6.45) is 0.850. The highest BCUT2D eigenvalue weighted by molar-refractivity contribution is 6.31. The lowest BCUT2D eigenvalue weighted by Crippen LogP contribution is -2.37. The number of nitro groups is 1. The summed E-state index contributed by atoms with van der Waals surface area (Å²) < 4.78 is 5.14. The molecule has 0 radical (unpaired) electrons. The van der Waals surface area contributed by atoms with Gasteiger partial charge in [0.2, 0.25) is 0 Å².